The van der Waals surface area contributed by atoms with Crippen LogP contribution in [0.15, 0.2) is 90.2 Å². The lowest BCUT2D eigenvalue weighted by molar-refractivity contribution is -0.384. The molecular formula is C26H19N5O4. The number of carbonyl (C=O) groups excluding carboxylic acids is 2. The van der Waals surface area contributed by atoms with E-state index in [1.165, 1.54) is 18.2 Å². The first kappa shape index (κ1) is 23.1. The monoisotopic (exact) mass is 465 g/mol. The highest BCUT2D eigenvalue weighted by atomic mass is 16.6. The zero-order valence-corrected chi connectivity index (χ0v) is 18.7. The molecule has 0 radical (unpaired) electrons. The van der Waals surface area contributed by atoms with E-state index < -0.39 is 16.7 Å². The highest BCUT2D eigenvalue weighted by molar-refractivity contribution is 6.19. The van der Waals surface area contributed by atoms with Crippen LogP contribution < -0.4 is 0 Å². The lowest BCUT2D eigenvalue weighted by atomic mass is 9.93. The smallest absolute Gasteiger partial charge is 0.270 e. The summed E-state index contributed by atoms with van der Waals surface area (Å²) in [5.41, 5.74) is 2.82. The zero-order chi connectivity index (χ0) is 25.1. The Labute approximate surface area is 200 Å². The number of nitrogens with zero attached hydrogens (tertiary/aromatic N) is 5. The number of hydrogen-bond acceptors (Lipinski definition) is 6. The van der Waals surface area contributed by atoms with Crippen LogP contribution in [0.4, 0.5) is 5.69 Å². The molecule has 2 aromatic carbocycles. The normalized spacial score (nSPS) is 14.9. The summed E-state index contributed by atoms with van der Waals surface area (Å²) in [5, 5.41) is 25.2. The summed E-state index contributed by atoms with van der Waals surface area (Å²) in [6, 6.07) is 17.1. The van der Waals surface area contributed by atoms with Crippen molar-refractivity contribution in [3.63, 3.8) is 0 Å². The van der Waals surface area contributed by atoms with Crippen LogP contribution >= 0.6 is 0 Å². The first-order valence-corrected chi connectivity index (χ1v) is 10.6. The molecule has 0 spiro atoms. The van der Waals surface area contributed by atoms with Gasteiger partial charge >= 0.3 is 0 Å². The maximum Gasteiger partial charge on any atom is 0.271 e. The molecule has 1 aliphatic heterocycles. The molecule has 0 saturated heterocycles. The second kappa shape index (κ2) is 9.41. The van der Waals surface area contributed by atoms with Crippen LogP contribution in [-0.4, -0.2) is 38.0 Å². The summed E-state index contributed by atoms with van der Waals surface area (Å²) in [6.07, 6.45) is 4.72. The van der Waals surface area contributed by atoms with Crippen molar-refractivity contribution in [2.24, 2.45) is 0 Å². The van der Waals surface area contributed by atoms with Crippen LogP contribution in [0.1, 0.15) is 12.5 Å². The molecule has 2 heterocycles. The molecule has 1 aromatic heterocycles. The fourth-order valence-corrected chi connectivity index (χ4v) is 3.75. The molecule has 0 N–H and O–H groups in total. The van der Waals surface area contributed by atoms with E-state index in [2.05, 4.69) is 11.7 Å². The average molecular weight is 465 g/mol. The van der Waals surface area contributed by atoms with Gasteiger partial charge in [-0.25, -0.2) is 4.68 Å². The predicted octanol–water partition coefficient (Wildman–Crippen LogP) is 4.23. The van der Waals surface area contributed by atoms with Gasteiger partial charge in [-0.1, -0.05) is 36.4 Å². The SMILES string of the molecule is C=CCN1C(=O)C(C#N)=C(C)/C(=C\c2cn(-c3ccc([N+](=O)[O-])cc3)nc2-c2ccccc2)C1=O. The summed E-state index contributed by atoms with van der Waals surface area (Å²) >= 11 is 0. The van der Waals surface area contributed by atoms with Crippen molar-refractivity contribution >= 4 is 23.6 Å². The molecule has 9 heteroatoms. The Hall–Kier alpha value is -5.10. The number of aromatic nitrogens is 2. The Morgan fingerprint density at radius 3 is 2.40 bits per heavy atom. The highest BCUT2D eigenvalue weighted by Gasteiger charge is 2.35. The van der Waals surface area contributed by atoms with Crippen LogP contribution in [0.2, 0.25) is 0 Å². The number of imide groups is 1. The molecule has 0 aliphatic carbocycles. The van der Waals surface area contributed by atoms with Gasteiger partial charge in [-0.2, -0.15) is 10.4 Å². The Balaban J connectivity index is 1.90. The number of benzene rings is 2. The number of carbonyl (C=O) groups is 2. The fraction of sp³-hybridized carbons (Fsp3) is 0.0769. The van der Waals surface area contributed by atoms with Crippen LogP contribution in [-0.2, 0) is 9.59 Å². The third-order valence-corrected chi connectivity index (χ3v) is 5.55. The molecule has 172 valence electrons. The Morgan fingerprint density at radius 1 is 1.11 bits per heavy atom. The fourth-order valence-electron chi connectivity index (χ4n) is 3.75. The first-order valence-electron chi connectivity index (χ1n) is 10.6. The van der Waals surface area contributed by atoms with Crippen molar-refractivity contribution in [2.45, 2.75) is 6.92 Å². The van der Waals surface area contributed by atoms with E-state index in [4.69, 9.17) is 0 Å². The molecule has 0 fully saturated rings. The quantitative estimate of drug-likeness (QED) is 0.177. The number of hydrogen-bond donors (Lipinski definition) is 0. The minimum atomic E-state index is -0.656. The molecular weight excluding hydrogens is 446 g/mol. The van der Waals surface area contributed by atoms with E-state index in [1.54, 1.807) is 36.0 Å². The third kappa shape index (κ3) is 4.28. The third-order valence-electron chi connectivity index (χ3n) is 5.55. The Morgan fingerprint density at radius 2 is 1.80 bits per heavy atom. The van der Waals surface area contributed by atoms with Gasteiger partial charge in [-0.15, -0.1) is 6.58 Å². The van der Waals surface area contributed by atoms with Crippen molar-refractivity contribution in [3.8, 4) is 23.0 Å². The second-order valence-corrected chi connectivity index (χ2v) is 7.70. The maximum absolute atomic E-state index is 13.2. The molecule has 1 aliphatic rings. The van der Waals surface area contributed by atoms with Gasteiger partial charge < -0.3 is 0 Å². The van der Waals surface area contributed by atoms with Gasteiger partial charge in [0.15, 0.2) is 0 Å². The summed E-state index contributed by atoms with van der Waals surface area (Å²) in [4.78, 5) is 37.3. The van der Waals surface area contributed by atoms with E-state index in [0.717, 1.165) is 10.5 Å². The number of amides is 2. The molecule has 0 unspecified atom stereocenters. The number of nitro benzene ring substituents is 1. The highest BCUT2D eigenvalue weighted by Crippen LogP contribution is 2.31. The van der Waals surface area contributed by atoms with Gasteiger partial charge in [0, 0.05) is 41.6 Å². The summed E-state index contributed by atoms with van der Waals surface area (Å²) in [6.45, 7) is 5.13. The number of nitriles is 1. The van der Waals surface area contributed by atoms with E-state index in [9.17, 15) is 25.0 Å². The average Bonchev–Trinajstić information content (AvgIpc) is 3.29. The van der Waals surface area contributed by atoms with Crippen molar-refractivity contribution in [2.75, 3.05) is 6.54 Å². The molecule has 0 saturated carbocycles. The number of nitro groups is 1. The second-order valence-electron chi connectivity index (χ2n) is 7.70. The maximum atomic E-state index is 13.2. The van der Waals surface area contributed by atoms with Gasteiger partial charge in [0.05, 0.1) is 16.3 Å². The van der Waals surface area contributed by atoms with Crippen molar-refractivity contribution in [1.82, 2.24) is 14.7 Å². The standard InChI is InChI=1S/C26H19N5O4/c1-3-13-29-25(32)22(17(2)23(15-27)26(29)33)14-19-16-30(20-9-11-21(12-10-20)31(34)35)28-24(19)18-7-5-4-6-8-18/h3-12,14,16H,1,13H2,2H3/b22-14+. The van der Waals surface area contributed by atoms with Crippen LogP contribution in [0.25, 0.3) is 23.0 Å². The van der Waals surface area contributed by atoms with Gasteiger partial charge in [0.25, 0.3) is 17.5 Å². The topological polar surface area (TPSA) is 122 Å². The van der Waals surface area contributed by atoms with Crippen molar-refractivity contribution < 1.29 is 14.5 Å². The summed E-state index contributed by atoms with van der Waals surface area (Å²) < 4.78 is 1.56. The van der Waals surface area contributed by atoms with Gasteiger partial charge in [-0.05, 0) is 30.7 Å². The molecule has 0 bridgehead atoms. The molecule has 0 atom stereocenters. The molecule has 2 amide bonds. The van der Waals surface area contributed by atoms with E-state index in [-0.39, 0.29) is 29.0 Å². The lowest BCUT2D eigenvalue weighted by Gasteiger charge is -2.26. The molecule has 35 heavy (non-hydrogen) atoms. The summed E-state index contributed by atoms with van der Waals surface area (Å²) in [7, 11) is 0. The largest absolute Gasteiger partial charge is 0.271 e. The van der Waals surface area contributed by atoms with Crippen molar-refractivity contribution in [1.29, 1.82) is 5.26 Å². The predicted molar refractivity (Wildman–Crippen MR) is 129 cm³/mol. The number of non-ortho nitro benzene ring substituents is 1. The van der Waals surface area contributed by atoms with Crippen LogP contribution in [0, 0.1) is 21.4 Å². The van der Waals surface area contributed by atoms with Crippen LogP contribution in [0.5, 0.6) is 0 Å². The van der Waals surface area contributed by atoms with Crippen LogP contribution in [0.3, 0.4) is 0 Å². The summed E-state index contributed by atoms with van der Waals surface area (Å²) in [5.74, 6) is -1.19. The number of rotatable bonds is 6. The van der Waals surface area contributed by atoms with E-state index >= 15 is 0 Å². The minimum Gasteiger partial charge on any atom is -0.270 e. The van der Waals surface area contributed by atoms with Gasteiger partial charge in [0.2, 0.25) is 0 Å². The molecule has 4 rings (SSSR count). The van der Waals surface area contributed by atoms with E-state index in [1.807, 2.05) is 36.4 Å². The van der Waals surface area contributed by atoms with Crippen molar-refractivity contribution in [3.05, 3.63) is 106 Å². The van der Waals surface area contributed by atoms with E-state index in [0.29, 0.717) is 16.9 Å². The Kier molecular flexibility index (Phi) is 6.20. The lowest BCUT2D eigenvalue weighted by Crippen LogP contribution is -2.42. The minimum absolute atomic E-state index is 0.0267. The zero-order valence-electron chi connectivity index (χ0n) is 18.7. The van der Waals surface area contributed by atoms with Gasteiger partial charge in [0.1, 0.15) is 11.6 Å². The molecule has 9 nitrogen and oxygen atoms in total. The van der Waals surface area contributed by atoms with Gasteiger partial charge in [-0.3, -0.25) is 24.6 Å². The molecule has 3 aromatic rings. The Bertz CT molecular complexity index is 1460. The first-order chi connectivity index (χ1) is 16.8.